The van der Waals surface area contributed by atoms with Crippen molar-refractivity contribution in [3.63, 3.8) is 0 Å². The molecule has 5 nitrogen and oxygen atoms in total. The van der Waals surface area contributed by atoms with Gasteiger partial charge < -0.3 is 0 Å². The van der Waals surface area contributed by atoms with E-state index in [1.807, 2.05) is 6.07 Å². The fraction of sp³-hybridized carbons (Fsp3) is 0.0909. The zero-order valence-electron chi connectivity index (χ0n) is 9.50. The van der Waals surface area contributed by atoms with Gasteiger partial charge >= 0.3 is 0 Å². The second-order valence-electron chi connectivity index (χ2n) is 3.55. The zero-order valence-corrected chi connectivity index (χ0v) is 12.7. The highest BCUT2D eigenvalue weighted by atomic mass is 79.9. The molecule has 0 spiro atoms. The summed E-state index contributed by atoms with van der Waals surface area (Å²) in [6.45, 7) is 0. The number of thiazole rings is 1. The minimum atomic E-state index is -3.64. The van der Waals surface area contributed by atoms with E-state index >= 15 is 0 Å². The smallest absolute Gasteiger partial charge is 0.255 e. The highest BCUT2D eigenvalue weighted by molar-refractivity contribution is 9.11. The first kappa shape index (κ1) is 14.0. The normalized spacial score (nSPS) is 10.9. The first-order valence-electron chi connectivity index (χ1n) is 5.11. The van der Waals surface area contributed by atoms with Gasteiger partial charge in [-0.25, -0.2) is 13.4 Å². The largest absolute Gasteiger partial charge is 0.263 e. The summed E-state index contributed by atoms with van der Waals surface area (Å²) in [7, 11) is -3.64. The lowest BCUT2D eigenvalue weighted by Gasteiger charge is -2.05. The molecule has 8 heteroatoms. The van der Waals surface area contributed by atoms with Crippen molar-refractivity contribution in [3.05, 3.63) is 39.8 Å². The van der Waals surface area contributed by atoms with Crippen LogP contribution in [0.4, 0.5) is 5.13 Å². The van der Waals surface area contributed by atoms with Crippen LogP contribution < -0.4 is 4.72 Å². The average Bonchev–Trinajstić information content (AvgIpc) is 2.75. The van der Waals surface area contributed by atoms with E-state index in [1.165, 1.54) is 29.7 Å². The van der Waals surface area contributed by atoms with E-state index in [0.717, 1.165) is 9.35 Å². The Morgan fingerprint density at radius 3 is 2.58 bits per heavy atom. The number of nitrogens with one attached hydrogen (secondary N) is 1. The predicted molar refractivity (Wildman–Crippen MR) is 76.4 cm³/mol. The van der Waals surface area contributed by atoms with Crippen molar-refractivity contribution in [2.45, 2.75) is 11.3 Å². The Balaban J connectivity index is 2.22. The number of nitrogens with zero attached hydrogens (tertiary/aromatic N) is 2. The molecule has 0 aliphatic rings. The van der Waals surface area contributed by atoms with Crippen molar-refractivity contribution >= 4 is 42.4 Å². The molecule has 0 amide bonds. The molecule has 2 aromatic rings. The SMILES string of the molecule is N#CCc1ccc(S(=O)(=O)Nc2ncc(Br)s2)cc1. The van der Waals surface area contributed by atoms with Gasteiger partial charge in [-0.05, 0) is 33.6 Å². The molecule has 1 N–H and O–H groups in total. The van der Waals surface area contributed by atoms with Crippen LogP contribution in [-0.4, -0.2) is 13.4 Å². The van der Waals surface area contributed by atoms with Gasteiger partial charge in [0.05, 0.1) is 27.4 Å². The molecule has 0 radical (unpaired) electrons. The van der Waals surface area contributed by atoms with Crippen LogP contribution in [0.3, 0.4) is 0 Å². The van der Waals surface area contributed by atoms with Gasteiger partial charge in [0.15, 0.2) is 5.13 Å². The van der Waals surface area contributed by atoms with Crippen LogP contribution in [0.1, 0.15) is 5.56 Å². The van der Waals surface area contributed by atoms with Gasteiger partial charge in [-0.15, -0.1) is 0 Å². The number of hydrogen-bond donors (Lipinski definition) is 1. The Labute approximate surface area is 123 Å². The number of sulfonamides is 1. The third-order valence-electron chi connectivity index (χ3n) is 2.22. The van der Waals surface area contributed by atoms with Crippen molar-refractivity contribution < 1.29 is 8.42 Å². The molecule has 0 saturated carbocycles. The van der Waals surface area contributed by atoms with Gasteiger partial charge in [-0.1, -0.05) is 23.5 Å². The number of nitriles is 1. The predicted octanol–water partition coefficient (Wildman–Crippen LogP) is 2.77. The maximum atomic E-state index is 12.1. The standard InChI is InChI=1S/C11H8BrN3O2S2/c12-10-7-14-11(18-10)15-19(16,17)9-3-1-8(2-4-9)5-6-13/h1-4,7H,5H2,(H,14,15). The number of hydrogen-bond acceptors (Lipinski definition) is 5. The number of anilines is 1. The molecule has 0 unspecified atom stereocenters. The molecular weight excluding hydrogens is 350 g/mol. The van der Waals surface area contributed by atoms with Crippen molar-refractivity contribution in [2.24, 2.45) is 0 Å². The second-order valence-corrected chi connectivity index (χ2v) is 7.65. The first-order valence-corrected chi connectivity index (χ1v) is 8.20. The number of rotatable bonds is 4. The molecule has 0 saturated heterocycles. The molecule has 98 valence electrons. The van der Waals surface area contributed by atoms with Crippen molar-refractivity contribution in [1.82, 2.24) is 4.98 Å². The molecule has 0 atom stereocenters. The maximum Gasteiger partial charge on any atom is 0.263 e. The van der Waals surface area contributed by atoms with Gasteiger partial charge in [0.25, 0.3) is 10.0 Å². The third kappa shape index (κ3) is 3.53. The Bertz CT molecular complexity index is 717. The third-order valence-corrected chi connectivity index (χ3v) is 5.09. The molecule has 1 heterocycles. The van der Waals surface area contributed by atoms with Gasteiger partial charge in [-0.3, -0.25) is 4.72 Å². The van der Waals surface area contributed by atoms with Crippen LogP contribution in [0.2, 0.25) is 0 Å². The average molecular weight is 358 g/mol. The lowest BCUT2D eigenvalue weighted by atomic mass is 10.2. The molecule has 0 bridgehead atoms. The monoisotopic (exact) mass is 357 g/mol. The molecule has 0 aliphatic carbocycles. The zero-order chi connectivity index (χ0) is 13.9. The summed E-state index contributed by atoms with van der Waals surface area (Å²) in [5, 5.41) is 8.85. The molecule has 1 aromatic carbocycles. The molecule has 0 fully saturated rings. The van der Waals surface area contributed by atoms with E-state index in [4.69, 9.17) is 5.26 Å². The van der Waals surface area contributed by atoms with Crippen LogP contribution in [0, 0.1) is 11.3 Å². The van der Waals surface area contributed by atoms with Crippen molar-refractivity contribution in [1.29, 1.82) is 5.26 Å². The van der Waals surface area contributed by atoms with E-state index in [1.54, 1.807) is 12.1 Å². The summed E-state index contributed by atoms with van der Waals surface area (Å²) in [4.78, 5) is 4.05. The minimum absolute atomic E-state index is 0.139. The molecular formula is C11H8BrN3O2S2. The molecule has 1 aromatic heterocycles. The Morgan fingerprint density at radius 2 is 2.05 bits per heavy atom. The van der Waals surface area contributed by atoms with Gasteiger partial charge in [0.1, 0.15) is 0 Å². The quantitative estimate of drug-likeness (QED) is 0.911. The second kappa shape index (κ2) is 5.69. The van der Waals surface area contributed by atoms with Crippen LogP contribution in [0.25, 0.3) is 0 Å². The minimum Gasteiger partial charge on any atom is -0.255 e. The lowest BCUT2D eigenvalue weighted by molar-refractivity contribution is 0.601. The summed E-state index contributed by atoms with van der Waals surface area (Å²) >= 11 is 4.41. The molecule has 19 heavy (non-hydrogen) atoms. The van der Waals surface area contributed by atoms with E-state index in [0.29, 0.717) is 5.13 Å². The Morgan fingerprint density at radius 1 is 1.37 bits per heavy atom. The fourth-order valence-electron chi connectivity index (χ4n) is 1.35. The summed E-state index contributed by atoms with van der Waals surface area (Å²) in [5.74, 6) is 0. The van der Waals surface area contributed by atoms with E-state index in [-0.39, 0.29) is 11.3 Å². The number of aromatic nitrogens is 1. The summed E-state index contributed by atoms with van der Waals surface area (Å²) in [6.07, 6.45) is 1.78. The van der Waals surface area contributed by atoms with Crippen molar-refractivity contribution in [3.8, 4) is 6.07 Å². The first-order chi connectivity index (χ1) is 9.01. The van der Waals surface area contributed by atoms with E-state index in [9.17, 15) is 8.42 Å². The van der Waals surface area contributed by atoms with Crippen LogP contribution in [0.15, 0.2) is 39.1 Å². The van der Waals surface area contributed by atoms with Crippen LogP contribution >= 0.6 is 27.3 Å². The highest BCUT2D eigenvalue weighted by Crippen LogP contribution is 2.25. The van der Waals surface area contributed by atoms with Crippen molar-refractivity contribution in [2.75, 3.05) is 4.72 Å². The summed E-state index contributed by atoms with van der Waals surface area (Å²) in [5.41, 5.74) is 0.776. The topological polar surface area (TPSA) is 82.8 Å². The van der Waals surface area contributed by atoms with Gasteiger partial charge in [0.2, 0.25) is 0 Å². The summed E-state index contributed by atoms with van der Waals surface area (Å²) < 4.78 is 27.2. The number of benzene rings is 1. The van der Waals surface area contributed by atoms with Crippen LogP contribution in [0.5, 0.6) is 0 Å². The van der Waals surface area contributed by atoms with Gasteiger partial charge in [-0.2, -0.15) is 5.26 Å². The maximum absolute atomic E-state index is 12.1. The fourth-order valence-corrected chi connectivity index (χ4v) is 3.70. The Kier molecular flexibility index (Phi) is 4.19. The summed E-state index contributed by atoms with van der Waals surface area (Å²) in [6, 6.07) is 8.19. The van der Waals surface area contributed by atoms with Crippen LogP contribution in [-0.2, 0) is 16.4 Å². The number of halogens is 1. The highest BCUT2D eigenvalue weighted by Gasteiger charge is 2.15. The molecule has 0 aliphatic heterocycles. The van der Waals surface area contributed by atoms with E-state index in [2.05, 4.69) is 25.6 Å². The van der Waals surface area contributed by atoms with E-state index < -0.39 is 10.0 Å². The molecule has 2 rings (SSSR count). The Hall–Kier alpha value is -1.43. The lowest BCUT2D eigenvalue weighted by Crippen LogP contribution is -2.12. The van der Waals surface area contributed by atoms with Gasteiger partial charge in [0, 0.05) is 0 Å².